The minimum atomic E-state index is -0.346. The first-order valence-electron chi connectivity index (χ1n) is 7.14. The first kappa shape index (κ1) is 15.5. The van der Waals surface area contributed by atoms with Crippen LogP contribution < -0.4 is 4.74 Å². The number of carbonyl (C=O) groups is 1. The van der Waals surface area contributed by atoms with Crippen molar-refractivity contribution in [1.29, 1.82) is 5.26 Å². The molecule has 110 valence electrons. The smallest absolute Gasteiger partial charge is 0.317 e. The summed E-state index contributed by atoms with van der Waals surface area (Å²) in [5, 5.41) is 8.57. The van der Waals surface area contributed by atoms with Gasteiger partial charge in [0.2, 0.25) is 0 Å². The highest BCUT2D eigenvalue weighted by Crippen LogP contribution is 2.36. The number of nitriles is 1. The number of esters is 1. The summed E-state index contributed by atoms with van der Waals surface area (Å²) in [6.07, 6.45) is 3.46. The van der Waals surface area contributed by atoms with E-state index in [9.17, 15) is 4.79 Å². The van der Waals surface area contributed by atoms with Crippen LogP contribution in [0, 0.1) is 36.5 Å². The Hall–Kier alpha value is -1.86. The van der Waals surface area contributed by atoms with E-state index >= 15 is 0 Å². The standard InChI is InChI=1S/C17H19NO3/c1-2-13-9-10-15(20-12-6-11-18)16(13)17(19)21-14-7-4-3-5-8-14/h3-5,7-8,10,13,15-16H,1-2,6,9,12H2. The molecular weight excluding hydrogens is 266 g/mol. The number of ether oxygens (including phenoxy) is 2. The predicted molar refractivity (Wildman–Crippen MR) is 77.9 cm³/mol. The SMILES string of the molecule is [CH2]CC1C[CH]C(OCCC#N)C1C(=O)Oc1ccccc1. The molecule has 0 saturated heterocycles. The maximum absolute atomic E-state index is 12.4. The molecule has 1 aliphatic rings. The van der Waals surface area contributed by atoms with Crippen LogP contribution in [-0.4, -0.2) is 18.7 Å². The zero-order chi connectivity index (χ0) is 15.1. The third-order valence-corrected chi connectivity index (χ3v) is 3.66. The lowest BCUT2D eigenvalue weighted by Gasteiger charge is -2.22. The molecule has 0 heterocycles. The van der Waals surface area contributed by atoms with E-state index in [2.05, 4.69) is 6.92 Å². The van der Waals surface area contributed by atoms with Gasteiger partial charge in [0.25, 0.3) is 0 Å². The van der Waals surface area contributed by atoms with E-state index in [-0.39, 0.29) is 23.9 Å². The van der Waals surface area contributed by atoms with Gasteiger partial charge in [0.05, 0.1) is 31.1 Å². The molecule has 4 nitrogen and oxygen atoms in total. The molecule has 3 atom stereocenters. The molecule has 0 aromatic heterocycles. The number of nitrogens with zero attached hydrogens (tertiary/aromatic N) is 1. The van der Waals surface area contributed by atoms with Gasteiger partial charge < -0.3 is 9.47 Å². The fraction of sp³-hybridized carbons (Fsp3) is 0.412. The Kier molecular flexibility index (Phi) is 5.77. The van der Waals surface area contributed by atoms with Crippen LogP contribution in [0.1, 0.15) is 19.3 Å². The van der Waals surface area contributed by atoms with Gasteiger partial charge in [-0.15, -0.1) is 0 Å². The predicted octanol–water partition coefficient (Wildman–Crippen LogP) is 2.96. The summed E-state index contributed by atoms with van der Waals surface area (Å²) in [6.45, 7) is 4.23. The molecule has 1 saturated carbocycles. The molecule has 0 N–H and O–H groups in total. The van der Waals surface area contributed by atoms with Crippen molar-refractivity contribution in [1.82, 2.24) is 0 Å². The molecule has 0 bridgehead atoms. The summed E-state index contributed by atoms with van der Waals surface area (Å²) < 4.78 is 11.1. The zero-order valence-electron chi connectivity index (χ0n) is 11.9. The molecule has 2 rings (SSSR count). The van der Waals surface area contributed by atoms with E-state index in [0.29, 0.717) is 25.2 Å². The molecule has 0 spiro atoms. The van der Waals surface area contributed by atoms with Gasteiger partial charge in [-0.05, 0) is 37.3 Å². The fourth-order valence-corrected chi connectivity index (χ4v) is 2.58. The largest absolute Gasteiger partial charge is 0.426 e. The summed E-state index contributed by atoms with van der Waals surface area (Å²) in [4.78, 5) is 12.4. The number of rotatable bonds is 6. The average molecular weight is 285 g/mol. The minimum Gasteiger partial charge on any atom is -0.426 e. The third-order valence-electron chi connectivity index (χ3n) is 3.66. The molecule has 1 aromatic carbocycles. The maximum atomic E-state index is 12.4. The monoisotopic (exact) mass is 285 g/mol. The number of para-hydroxylation sites is 1. The summed E-state index contributed by atoms with van der Waals surface area (Å²) in [7, 11) is 0. The Labute approximate surface area is 125 Å². The normalized spacial score (nSPS) is 24.5. The van der Waals surface area contributed by atoms with Crippen LogP contribution in [0.3, 0.4) is 0 Å². The Balaban J connectivity index is 2.01. The van der Waals surface area contributed by atoms with E-state index in [1.54, 1.807) is 12.1 Å². The van der Waals surface area contributed by atoms with E-state index in [1.165, 1.54) is 0 Å². The van der Waals surface area contributed by atoms with Gasteiger partial charge in [0, 0.05) is 0 Å². The highest BCUT2D eigenvalue weighted by Gasteiger charge is 2.42. The van der Waals surface area contributed by atoms with Crippen LogP contribution in [0.4, 0.5) is 0 Å². The zero-order valence-corrected chi connectivity index (χ0v) is 11.9. The van der Waals surface area contributed by atoms with Crippen LogP contribution >= 0.6 is 0 Å². The summed E-state index contributed by atoms with van der Waals surface area (Å²) >= 11 is 0. The summed E-state index contributed by atoms with van der Waals surface area (Å²) in [5.41, 5.74) is 0. The van der Waals surface area contributed by atoms with Crippen molar-refractivity contribution in [3.63, 3.8) is 0 Å². The molecule has 4 heteroatoms. The first-order chi connectivity index (χ1) is 10.3. The van der Waals surface area contributed by atoms with Crippen molar-refractivity contribution in [3.05, 3.63) is 43.7 Å². The van der Waals surface area contributed by atoms with Gasteiger partial charge in [-0.3, -0.25) is 4.79 Å². The van der Waals surface area contributed by atoms with Crippen LogP contribution in [0.5, 0.6) is 5.75 Å². The van der Waals surface area contributed by atoms with Gasteiger partial charge in [-0.25, -0.2) is 0 Å². The number of hydrogen-bond donors (Lipinski definition) is 0. The molecule has 0 amide bonds. The quantitative estimate of drug-likeness (QED) is 0.458. The lowest BCUT2D eigenvalue weighted by atomic mass is 9.92. The lowest BCUT2D eigenvalue weighted by molar-refractivity contribution is -0.144. The van der Waals surface area contributed by atoms with Gasteiger partial charge >= 0.3 is 5.97 Å². The molecule has 1 fully saturated rings. The van der Waals surface area contributed by atoms with Crippen LogP contribution in [0.2, 0.25) is 0 Å². The topological polar surface area (TPSA) is 59.3 Å². The number of carbonyl (C=O) groups excluding carboxylic acids is 1. The molecule has 1 aliphatic carbocycles. The van der Waals surface area contributed by atoms with Crippen molar-refractivity contribution in [2.45, 2.75) is 25.4 Å². The van der Waals surface area contributed by atoms with Crippen molar-refractivity contribution in [3.8, 4) is 11.8 Å². The molecule has 2 radical (unpaired) electrons. The number of benzene rings is 1. The van der Waals surface area contributed by atoms with Crippen molar-refractivity contribution < 1.29 is 14.3 Å². The molecule has 3 unspecified atom stereocenters. The Morgan fingerprint density at radius 3 is 2.81 bits per heavy atom. The van der Waals surface area contributed by atoms with E-state index in [4.69, 9.17) is 14.7 Å². The van der Waals surface area contributed by atoms with Gasteiger partial charge in [-0.2, -0.15) is 5.26 Å². The third kappa shape index (κ3) is 4.05. The molecular formula is C17H19NO3. The maximum Gasteiger partial charge on any atom is 0.317 e. The van der Waals surface area contributed by atoms with E-state index in [0.717, 1.165) is 6.42 Å². The summed E-state index contributed by atoms with van der Waals surface area (Å²) in [5.74, 6) is 0.0354. The Bertz CT molecular complexity index is 495. The second-order valence-corrected chi connectivity index (χ2v) is 5.02. The fourth-order valence-electron chi connectivity index (χ4n) is 2.58. The van der Waals surface area contributed by atoms with Crippen molar-refractivity contribution in [2.24, 2.45) is 11.8 Å². The van der Waals surface area contributed by atoms with E-state index < -0.39 is 0 Å². The second-order valence-electron chi connectivity index (χ2n) is 5.02. The van der Waals surface area contributed by atoms with Gasteiger partial charge in [0.15, 0.2) is 0 Å². The Morgan fingerprint density at radius 1 is 1.38 bits per heavy atom. The number of hydrogen-bond acceptors (Lipinski definition) is 4. The van der Waals surface area contributed by atoms with Crippen molar-refractivity contribution in [2.75, 3.05) is 6.61 Å². The second kappa shape index (κ2) is 7.80. The highest BCUT2D eigenvalue weighted by atomic mass is 16.5. The average Bonchev–Trinajstić information content (AvgIpc) is 2.91. The van der Waals surface area contributed by atoms with Crippen molar-refractivity contribution >= 4 is 5.97 Å². The summed E-state index contributed by atoms with van der Waals surface area (Å²) in [6, 6.07) is 11.0. The van der Waals surface area contributed by atoms with E-state index in [1.807, 2.05) is 30.7 Å². The molecule has 21 heavy (non-hydrogen) atoms. The van der Waals surface area contributed by atoms with Crippen LogP contribution in [0.15, 0.2) is 30.3 Å². The van der Waals surface area contributed by atoms with Crippen LogP contribution in [0.25, 0.3) is 0 Å². The highest BCUT2D eigenvalue weighted by molar-refractivity contribution is 5.77. The molecule has 0 aliphatic heterocycles. The first-order valence-corrected chi connectivity index (χ1v) is 7.14. The minimum absolute atomic E-state index is 0.133. The molecule has 1 aromatic rings. The van der Waals surface area contributed by atoms with Gasteiger partial charge in [-0.1, -0.05) is 25.1 Å². The Morgan fingerprint density at radius 2 is 2.14 bits per heavy atom. The lowest BCUT2D eigenvalue weighted by Crippen LogP contribution is -2.33. The van der Waals surface area contributed by atoms with Gasteiger partial charge in [0.1, 0.15) is 5.75 Å². The van der Waals surface area contributed by atoms with Crippen LogP contribution in [-0.2, 0) is 9.53 Å².